The number of H-pyrrole nitrogens is 3. The first-order chi connectivity index (χ1) is 25.4. The third-order valence-electron chi connectivity index (χ3n) is 8.18. The van der Waals surface area contributed by atoms with Gasteiger partial charge in [-0.2, -0.15) is 0 Å². The van der Waals surface area contributed by atoms with Crippen LogP contribution in [0.5, 0.6) is 11.5 Å². The number of aromatic nitrogens is 6. The summed E-state index contributed by atoms with van der Waals surface area (Å²) in [5, 5.41) is 12.4. The highest BCUT2D eigenvalue weighted by molar-refractivity contribution is 9.11. The van der Waals surface area contributed by atoms with E-state index in [0.717, 1.165) is 35.2 Å². The fourth-order valence-electron chi connectivity index (χ4n) is 5.53. The van der Waals surface area contributed by atoms with E-state index in [0.29, 0.717) is 50.4 Å². The van der Waals surface area contributed by atoms with Crippen LogP contribution in [-0.2, 0) is 4.79 Å². The maximum absolute atomic E-state index is 12.9. The average molecular weight is 901 g/mol. The summed E-state index contributed by atoms with van der Waals surface area (Å²) in [5.74, 6) is -0.192. The van der Waals surface area contributed by atoms with Crippen molar-refractivity contribution in [3.05, 3.63) is 145 Å². The van der Waals surface area contributed by atoms with Crippen molar-refractivity contribution in [1.29, 1.82) is 0 Å². The Kier molecular flexibility index (Phi) is 11.3. The molecule has 53 heavy (non-hydrogen) atoms. The zero-order valence-corrected chi connectivity index (χ0v) is 33.1. The number of carbonyl (C=O) groups is 3. The molecule has 4 N–H and O–H groups in total. The van der Waals surface area contributed by atoms with E-state index >= 15 is 0 Å². The number of esters is 1. The lowest BCUT2D eigenvalue weighted by Gasteiger charge is -2.09. The number of nitrogens with zero attached hydrogens (tertiary/aromatic N) is 3. The standard InChI is InChI=1S/C17H13BrN2O3.C15H11BrN2O2.C7H5BrN2/c1-9-12(4-3-5-15(9)23-10(2)21)16(22)14-8-20-17-13(14)6-11(18)7-19-17;1-8-10(3-2-4-13(8)19)14(20)12-7-18-15-11(12)5-9(16)6-17-15;8-6-3-5-1-2-9-7(5)10-4-6/h3-8H,1-2H3,(H,19,20);2-7,19H,1H3,(H,17,18);1-4H,(H,9,10). The van der Waals surface area contributed by atoms with Gasteiger partial charge in [0.05, 0.1) is 0 Å². The SMILES string of the molecule is Brc1cnc2[nH]ccc2c1.CC(=O)Oc1cccc(C(=O)c2c[nH]c3ncc(Br)cc23)c1C.Cc1c(O)cccc1C(=O)c1c[nH]c2ncc(Br)cc12. The number of phenolic OH excluding ortho intramolecular Hbond substituents is 1. The van der Waals surface area contributed by atoms with Gasteiger partial charge < -0.3 is 24.8 Å². The van der Waals surface area contributed by atoms with Crippen LogP contribution < -0.4 is 4.74 Å². The third kappa shape index (κ3) is 8.30. The van der Waals surface area contributed by atoms with Gasteiger partial charge in [-0.1, -0.05) is 24.3 Å². The first-order valence-electron chi connectivity index (χ1n) is 15.9. The van der Waals surface area contributed by atoms with Crippen LogP contribution in [0.2, 0.25) is 0 Å². The van der Waals surface area contributed by atoms with E-state index in [2.05, 4.69) is 77.7 Å². The number of rotatable bonds is 5. The number of nitrogens with one attached hydrogen (secondary N) is 3. The third-order valence-corrected chi connectivity index (χ3v) is 9.48. The average Bonchev–Trinajstić information content (AvgIpc) is 3.88. The van der Waals surface area contributed by atoms with Gasteiger partial charge in [0.15, 0.2) is 11.6 Å². The van der Waals surface area contributed by atoms with Gasteiger partial charge in [0, 0.05) is 107 Å². The molecule has 0 aliphatic heterocycles. The number of fused-ring (bicyclic) bond motifs is 3. The van der Waals surface area contributed by atoms with Crippen molar-refractivity contribution in [2.75, 3.05) is 0 Å². The Balaban J connectivity index is 0.000000145. The minimum atomic E-state index is -0.419. The molecule has 0 aliphatic rings. The number of aromatic hydroxyl groups is 1. The molecule has 8 rings (SSSR count). The lowest BCUT2D eigenvalue weighted by molar-refractivity contribution is -0.131. The molecule has 0 spiro atoms. The van der Waals surface area contributed by atoms with E-state index < -0.39 is 5.97 Å². The number of carbonyl (C=O) groups excluding carboxylic acids is 3. The number of hydrogen-bond donors (Lipinski definition) is 4. The second-order valence-corrected chi connectivity index (χ2v) is 14.5. The normalized spacial score (nSPS) is 10.8. The molecule has 0 bridgehead atoms. The predicted octanol–water partition coefficient (Wildman–Crippen LogP) is 9.69. The predicted molar refractivity (Wildman–Crippen MR) is 214 cm³/mol. The van der Waals surface area contributed by atoms with E-state index in [1.807, 2.05) is 30.5 Å². The molecule has 0 unspecified atom stereocenters. The Hall–Kier alpha value is -5.44. The molecule has 11 nitrogen and oxygen atoms in total. The summed E-state index contributed by atoms with van der Waals surface area (Å²) >= 11 is 10.1. The Morgan fingerprint density at radius 1 is 0.642 bits per heavy atom. The quantitative estimate of drug-likeness (QED) is 0.0753. The van der Waals surface area contributed by atoms with Gasteiger partial charge in [-0.15, -0.1) is 0 Å². The molecule has 0 fully saturated rings. The van der Waals surface area contributed by atoms with E-state index in [1.165, 1.54) is 6.92 Å². The summed E-state index contributed by atoms with van der Waals surface area (Å²) in [6, 6.07) is 17.7. The second-order valence-electron chi connectivity index (χ2n) is 11.7. The van der Waals surface area contributed by atoms with Gasteiger partial charge in [0.2, 0.25) is 0 Å². The van der Waals surface area contributed by atoms with E-state index in [1.54, 1.807) is 81.2 Å². The van der Waals surface area contributed by atoms with Crippen molar-refractivity contribution < 1.29 is 24.2 Å². The Bertz CT molecular complexity index is 2660. The summed E-state index contributed by atoms with van der Waals surface area (Å²) in [6.45, 7) is 4.82. The van der Waals surface area contributed by atoms with Crippen molar-refractivity contribution in [2.24, 2.45) is 0 Å². The summed E-state index contributed by atoms with van der Waals surface area (Å²) < 4.78 is 7.76. The lowest BCUT2D eigenvalue weighted by atomic mass is 9.98. The lowest BCUT2D eigenvalue weighted by Crippen LogP contribution is -2.07. The molecule has 0 saturated heterocycles. The highest BCUT2D eigenvalue weighted by Crippen LogP contribution is 2.29. The van der Waals surface area contributed by atoms with Crippen molar-refractivity contribution >= 4 is 98.4 Å². The number of halogens is 3. The van der Waals surface area contributed by atoms with Gasteiger partial charge >= 0.3 is 5.97 Å². The molecule has 6 heterocycles. The molecule has 0 radical (unpaired) electrons. The Morgan fingerprint density at radius 2 is 1.15 bits per heavy atom. The fourth-order valence-corrected chi connectivity index (χ4v) is 6.54. The van der Waals surface area contributed by atoms with Crippen LogP contribution in [-0.4, -0.2) is 52.5 Å². The molecule has 0 saturated carbocycles. The van der Waals surface area contributed by atoms with Crippen molar-refractivity contribution in [2.45, 2.75) is 20.8 Å². The Labute approximate surface area is 327 Å². The zero-order chi connectivity index (χ0) is 37.8. The number of pyridine rings is 3. The molecular formula is C39H29Br3N6O5. The number of benzene rings is 2. The van der Waals surface area contributed by atoms with Crippen LogP contribution in [0, 0.1) is 13.8 Å². The zero-order valence-electron chi connectivity index (χ0n) is 28.3. The highest BCUT2D eigenvalue weighted by Gasteiger charge is 2.20. The maximum atomic E-state index is 12.9. The smallest absolute Gasteiger partial charge is 0.308 e. The van der Waals surface area contributed by atoms with E-state index in [4.69, 9.17) is 4.74 Å². The van der Waals surface area contributed by atoms with Crippen LogP contribution in [0.1, 0.15) is 49.9 Å². The molecule has 0 aliphatic carbocycles. The summed E-state index contributed by atoms with van der Waals surface area (Å²) in [6.07, 6.45) is 10.3. The molecule has 2 aromatic carbocycles. The summed E-state index contributed by atoms with van der Waals surface area (Å²) in [4.78, 5) is 58.3. The van der Waals surface area contributed by atoms with Gasteiger partial charge in [0.1, 0.15) is 28.4 Å². The topological polar surface area (TPSA) is 167 Å². The first kappa shape index (κ1) is 37.3. The first-order valence-corrected chi connectivity index (χ1v) is 18.3. The van der Waals surface area contributed by atoms with Crippen molar-refractivity contribution in [1.82, 2.24) is 29.9 Å². The van der Waals surface area contributed by atoms with Gasteiger partial charge in [-0.05, 0) is 98.0 Å². The molecule has 6 aromatic heterocycles. The van der Waals surface area contributed by atoms with Gasteiger partial charge in [-0.3, -0.25) is 14.4 Å². The molecule has 266 valence electrons. The minimum absolute atomic E-state index is 0.120. The van der Waals surface area contributed by atoms with E-state index in [-0.39, 0.29) is 17.3 Å². The monoisotopic (exact) mass is 898 g/mol. The summed E-state index contributed by atoms with van der Waals surface area (Å²) in [7, 11) is 0. The van der Waals surface area contributed by atoms with E-state index in [9.17, 15) is 19.5 Å². The second kappa shape index (κ2) is 16.1. The Morgan fingerprint density at radius 3 is 1.72 bits per heavy atom. The van der Waals surface area contributed by atoms with Crippen molar-refractivity contribution in [3.63, 3.8) is 0 Å². The van der Waals surface area contributed by atoms with Gasteiger partial charge in [0.25, 0.3) is 0 Å². The molecule has 8 aromatic rings. The summed E-state index contributed by atoms with van der Waals surface area (Å²) in [5.41, 5.74) is 5.50. The van der Waals surface area contributed by atoms with Crippen LogP contribution >= 0.6 is 47.8 Å². The number of aromatic amines is 3. The highest BCUT2D eigenvalue weighted by atomic mass is 79.9. The minimum Gasteiger partial charge on any atom is -0.508 e. The van der Waals surface area contributed by atoms with Gasteiger partial charge in [-0.25, -0.2) is 15.0 Å². The fraction of sp³-hybridized carbons (Fsp3) is 0.0769. The number of ketones is 2. The van der Waals surface area contributed by atoms with Crippen molar-refractivity contribution in [3.8, 4) is 11.5 Å². The van der Waals surface area contributed by atoms with Crippen LogP contribution in [0.3, 0.4) is 0 Å². The number of phenols is 1. The molecule has 0 amide bonds. The number of hydrogen-bond acceptors (Lipinski definition) is 8. The van der Waals surface area contributed by atoms with Crippen LogP contribution in [0.4, 0.5) is 0 Å². The largest absolute Gasteiger partial charge is 0.508 e. The molecule has 14 heteroatoms. The molecular weight excluding hydrogens is 872 g/mol. The number of ether oxygens (including phenoxy) is 1. The van der Waals surface area contributed by atoms with Crippen LogP contribution in [0.15, 0.2) is 111 Å². The maximum Gasteiger partial charge on any atom is 0.308 e. The van der Waals surface area contributed by atoms with Crippen LogP contribution in [0.25, 0.3) is 33.1 Å². The molecule has 0 atom stereocenters.